The fourth-order valence-corrected chi connectivity index (χ4v) is 3.71. The largest absolute Gasteiger partial charge is 0.468 e. The predicted molar refractivity (Wildman–Crippen MR) is 119 cm³/mol. The molecule has 7 heteroatoms. The molecule has 1 heterocycles. The molecule has 1 fully saturated rings. The molecule has 0 bridgehead atoms. The van der Waals surface area contributed by atoms with Gasteiger partial charge >= 0.3 is 0 Å². The molecule has 31 heavy (non-hydrogen) atoms. The molecule has 0 saturated heterocycles. The van der Waals surface area contributed by atoms with Crippen molar-refractivity contribution < 1.29 is 24.5 Å². The third-order valence-corrected chi connectivity index (χ3v) is 5.33. The zero-order valence-electron chi connectivity index (χ0n) is 18.6. The second-order valence-corrected chi connectivity index (χ2v) is 7.50. The molecule has 1 saturated carbocycles. The molecule has 1 aromatic rings. The first-order valence-corrected chi connectivity index (χ1v) is 10.9. The Kier molecular flexibility index (Phi) is 9.27. The van der Waals surface area contributed by atoms with Crippen LogP contribution in [0.2, 0.25) is 0 Å². The summed E-state index contributed by atoms with van der Waals surface area (Å²) < 4.78 is 5.10. The molecular formula is C24H34N2O5. The molecule has 1 aromatic carbocycles. The van der Waals surface area contributed by atoms with Crippen LogP contribution in [-0.4, -0.2) is 52.2 Å². The number of amides is 2. The fraction of sp³-hybridized carbons (Fsp3) is 0.500. The molecule has 170 valence electrons. The van der Waals surface area contributed by atoms with Crippen LogP contribution in [0.25, 0.3) is 0 Å². The van der Waals surface area contributed by atoms with Crippen LogP contribution in [0.1, 0.15) is 50.8 Å². The van der Waals surface area contributed by atoms with Crippen molar-refractivity contribution in [3.05, 3.63) is 60.1 Å². The lowest BCUT2D eigenvalue weighted by atomic mass is 9.89. The lowest BCUT2D eigenvalue weighted by molar-refractivity contribution is -0.155. The first-order valence-electron chi connectivity index (χ1n) is 10.9. The van der Waals surface area contributed by atoms with Crippen molar-refractivity contribution >= 4 is 11.8 Å². The van der Waals surface area contributed by atoms with Gasteiger partial charge in [0.2, 0.25) is 0 Å². The Balaban J connectivity index is 0.00000166. The number of carbonyl (C=O) groups is 2. The lowest BCUT2D eigenvalue weighted by Gasteiger charge is -2.39. The minimum Gasteiger partial charge on any atom is -0.468 e. The molecule has 0 spiro atoms. The zero-order chi connectivity index (χ0) is 23.0. The van der Waals surface area contributed by atoms with Gasteiger partial charge in [0, 0.05) is 6.54 Å². The summed E-state index contributed by atoms with van der Waals surface area (Å²) in [6, 6.07) is 7.89. The Morgan fingerprint density at radius 1 is 1.26 bits per heavy atom. The molecule has 1 aliphatic heterocycles. The summed E-state index contributed by atoms with van der Waals surface area (Å²) in [4.78, 5) is 26.8. The van der Waals surface area contributed by atoms with E-state index in [1.807, 2.05) is 32.0 Å². The predicted octanol–water partition coefficient (Wildman–Crippen LogP) is 2.45. The van der Waals surface area contributed by atoms with Crippen LogP contribution >= 0.6 is 0 Å². The molecule has 7 nitrogen and oxygen atoms in total. The summed E-state index contributed by atoms with van der Waals surface area (Å²) in [7, 11) is 0. The summed E-state index contributed by atoms with van der Waals surface area (Å²) in [5, 5.41) is 23.0. The van der Waals surface area contributed by atoms with E-state index < -0.39 is 24.0 Å². The van der Waals surface area contributed by atoms with Gasteiger partial charge in [-0.25, -0.2) is 0 Å². The number of nitrogens with zero attached hydrogens (tertiary/aromatic N) is 1. The Bertz CT molecular complexity index is 803. The normalized spacial score (nSPS) is 19.5. The molecule has 3 atom stereocenters. The summed E-state index contributed by atoms with van der Waals surface area (Å²) in [5.41, 5.74) is 2.30. The average molecular weight is 431 g/mol. The maximum atomic E-state index is 13.0. The van der Waals surface area contributed by atoms with Crippen molar-refractivity contribution in [3.8, 4) is 0 Å². The molecular weight excluding hydrogens is 396 g/mol. The summed E-state index contributed by atoms with van der Waals surface area (Å²) in [6.07, 6.45) is 2.11. The molecule has 1 aliphatic carbocycles. The van der Waals surface area contributed by atoms with E-state index in [9.17, 15) is 19.8 Å². The van der Waals surface area contributed by atoms with Gasteiger partial charge in [-0.2, -0.15) is 0 Å². The van der Waals surface area contributed by atoms with Gasteiger partial charge in [0.1, 0.15) is 5.76 Å². The first-order chi connectivity index (χ1) is 14.9. The SMILES string of the molecule is C=C(CNC(=O)[C@H](O)C(O)C(=O)N1CCc2ccccc2C1C1CC1)O/C=C\C.CC. The van der Waals surface area contributed by atoms with Crippen LogP contribution in [0.3, 0.4) is 0 Å². The van der Waals surface area contributed by atoms with Gasteiger partial charge in [-0.3, -0.25) is 9.59 Å². The maximum Gasteiger partial charge on any atom is 0.255 e. The number of ether oxygens (including phenoxy) is 1. The minimum absolute atomic E-state index is 0.0388. The molecule has 2 aliphatic rings. The van der Waals surface area contributed by atoms with Crippen LogP contribution in [0.5, 0.6) is 0 Å². The van der Waals surface area contributed by atoms with Crippen LogP contribution in [-0.2, 0) is 20.7 Å². The van der Waals surface area contributed by atoms with Crippen molar-refractivity contribution in [2.45, 2.75) is 58.3 Å². The number of hydrogen-bond donors (Lipinski definition) is 3. The number of aliphatic hydroxyl groups excluding tert-OH is 2. The van der Waals surface area contributed by atoms with Crippen molar-refractivity contribution in [2.75, 3.05) is 13.1 Å². The lowest BCUT2D eigenvalue weighted by Crippen LogP contribution is -2.53. The number of carbonyl (C=O) groups excluding carboxylic acids is 2. The van der Waals surface area contributed by atoms with Gasteiger partial charge in [0.25, 0.3) is 11.8 Å². The number of benzene rings is 1. The second kappa shape index (κ2) is 11.7. The van der Waals surface area contributed by atoms with Crippen molar-refractivity contribution in [1.29, 1.82) is 0 Å². The fourth-order valence-electron chi connectivity index (χ4n) is 3.71. The number of nitrogens with one attached hydrogen (secondary N) is 1. The molecule has 0 radical (unpaired) electrons. The highest BCUT2D eigenvalue weighted by Gasteiger charge is 2.44. The van der Waals surface area contributed by atoms with Gasteiger partial charge in [-0.1, -0.05) is 50.8 Å². The Morgan fingerprint density at radius 2 is 1.94 bits per heavy atom. The summed E-state index contributed by atoms with van der Waals surface area (Å²) in [5.74, 6) is -0.851. The van der Waals surface area contributed by atoms with E-state index >= 15 is 0 Å². The molecule has 0 aromatic heterocycles. The zero-order valence-corrected chi connectivity index (χ0v) is 18.6. The molecule has 3 N–H and O–H groups in total. The van der Waals surface area contributed by atoms with Gasteiger partial charge in [-0.05, 0) is 43.2 Å². The van der Waals surface area contributed by atoms with Gasteiger partial charge in [0.15, 0.2) is 12.2 Å². The van der Waals surface area contributed by atoms with Crippen LogP contribution in [0.15, 0.2) is 48.9 Å². The quantitative estimate of drug-likeness (QED) is 0.550. The number of allylic oxidation sites excluding steroid dienone is 1. The van der Waals surface area contributed by atoms with Gasteiger partial charge in [-0.15, -0.1) is 0 Å². The van der Waals surface area contributed by atoms with E-state index in [1.54, 1.807) is 17.9 Å². The molecule has 2 amide bonds. The van der Waals surface area contributed by atoms with E-state index in [1.165, 1.54) is 11.8 Å². The van der Waals surface area contributed by atoms with Crippen molar-refractivity contribution in [1.82, 2.24) is 10.2 Å². The van der Waals surface area contributed by atoms with Crippen molar-refractivity contribution in [2.24, 2.45) is 5.92 Å². The third-order valence-electron chi connectivity index (χ3n) is 5.33. The monoisotopic (exact) mass is 430 g/mol. The number of aliphatic hydroxyl groups is 2. The van der Waals surface area contributed by atoms with Crippen LogP contribution < -0.4 is 5.32 Å². The molecule has 2 unspecified atom stereocenters. The van der Waals surface area contributed by atoms with E-state index in [4.69, 9.17) is 4.74 Å². The van der Waals surface area contributed by atoms with E-state index in [0.29, 0.717) is 18.9 Å². The number of fused-ring (bicyclic) bond motifs is 1. The topological polar surface area (TPSA) is 99.1 Å². The van der Waals surface area contributed by atoms with E-state index in [0.717, 1.165) is 18.4 Å². The van der Waals surface area contributed by atoms with Gasteiger partial charge < -0.3 is 25.2 Å². The standard InChI is InChI=1S/C22H28N2O5.C2H6/c1-3-12-29-14(2)13-23-21(27)19(25)20(26)22(28)24-11-10-15-6-4-5-7-17(15)18(24)16-8-9-16;1-2/h3-7,12,16,18-20,25-26H,2,8-11,13H2,1H3,(H,23,27);1-2H3/b12-3-;/t18?,19-,20?;/m1./s1. The molecule has 3 rings (SSSR count). The highest BCUT2D eigenvalue weighted by atomic mass is 16.5. The van der Waals surface area contributed by atoms with Crippen molar-refractivity contribution in [3.63, 3.8) is 0 Å². The Labute approximate surface area is 184 Å². The smallest absolute Gasteiger partial charge is 0.255 e. The van der Waals surface area contributed by atoms with Crippen LogP contribution in [0.4, 0.5) is 0 Å². The number of rotatable bonds is 8. The minimum atomic E-state index is -1.87. The number of hydrogen-bond acceptors (Lipinski definition) is 5. The average Bonchev–Trinajstić information content (AvgIpc) is 3.65. The van der Waals surface area contributed by atoms with Gasteiger partial charge in [0.05, 0.1) is 18.8 Å². The van der Waals surface area contributed by atoms with E-state index in [2.05, 4.69) is 18.0 Å². The summed E-state index contributed by atoms with van der Waals surface area (Å²) >= 11 is 0. The van der Waals surface area contributed by atoms with E-state index in [-0.39, 0.29) is 18.3 Å². The summed E-state index contributed by atoms with van der Waals surface area (Å²) in [6.45, 7) is 9.81. The maximum absolute atomic E-state index is 13.0. The third kappa shape index (κ3) is 6.18. The Morgan fingerprint density at radius 3 is 2.58 bits per heavy atom. The Hall–Kier alpha value is -2.64. The first kappa shape index (κ1) is 24.6. The second-order valence-electron chi connectivity index (χ2n) is 7.50. The van der Waals surface area contributed by atoms with Crippen LogP contribution in [0, 0.1) is 5.92 Å². The highest BCUT2D eigenvalue weighted by Crippen LogP contribution is 2.47. The highest BCUT2D eigenvalue weighted by molar-refractivity contribution is 5.91.